The van der Waals surface area contributed by atoms with Crippen molar-refractivity contribution in [3.05, 3.63) is 0 Å². The molecular formula is C14H25N3O2. The SMILES string of the molecule is CNC(=O)C1CCN(C(=O)N2CCCC(C)C2)CC1. The van der Waals surface area contributed by atoms with Crippen molar-refractivity contribution in [1.29, 1.82) is 0 Å². The highest BCUT2D eigenvalue weighted by atomic mass is 16.2. The topological polar surface area (TPSA) is 52.7 Å². The minimum Gasteiger partial charge on any atom is -0.359 e. The van der Waals surface area contributed by atoms with Gasteiger partial charge in [0, 0.05) is 39.1 Å². The van der Waals surface area contributed by atoms with E-state index in [-0.39, 0.29) is 17.9 Å². The van der Waals surface area contributed by atoms with Gasteiger partial charge in [-0.05, 0) is 31.6 Å². The number of nitrogens with zero attached hydrogens (tertiary/aromatic N) is 2. The second kappa shape index (κ2) is 6.26. The van der Waals surface area contributed by atoms with Gasteiger partial charge in [-0.1, -0.05) is 6.92 Å². The number of hydrogen-bond donors (Lipinski definition) is 1. The predicted octanol–water partition coefficient (Wildman–Crippen LogP) is 1.30. The van der Waals surface area contributed by atoms with Crippen LogP contribution < -0.4 is 5.32 Å². The molecule has 0 aromatic heterocycles. The normalized spacial score (nSPS) is 25.3. The Hall–Kier alpha value is -1.26. The molecule has 0 aliphatic carbocycles. The Morgan fingerprint density at radius 1 is 1.05 bits per heavy atom. The Bertz CT molecular complexity index is 338. The summed E-state index contributed by atoms with van der Waals surface area (Å²) in [4.78, 5) is 27.9. The van der Waals surface area contributed by atoms with Gasteiger partial charge in [-0.15, -0.1) is 0 Å². The number of hydrogen-bond acceptors (Lipinski definition) is 2. The number of amides is 3. The first-order valence-corrected chi connectivity index (χ1v) is 7.37. The third kappa shape index (κ3) is 3.39. The molecule has 0 aromatic carbocycles. The summed E-state index contributed by atoms with van der Waals surface area (Å²) in [7, 11) is 1.68. The molecule has 5 nitrogen and oxygen atoms in total. The van der Waals surface area contributed by atoms with Crippen molar-refractivity contribution in [2.24, 2.45) is 11.8 Å². The maximum absolute atomic E-state index is 12.4. The summed E-state index contributed by atoms with van der Waals surface area (Å²) < 4.78 is 0. The molecule has 3 amide bonds. The molecule has 1 N–H and O–H groups in total. The van der Waals surface area contributed by atoms with Crippen LogP contribution in [-0.2, 0) is 4.79 Å². The van der Waals surface area contributed by atoms with Crippen molar-refractivity contribution in [2.45, 2.75) is 32.6 Å². The van der Waals surface area contributed by atoms with Gasteiger partial charge < -0.3 is 15.1 Å². The third-order valence-corrected chi connectivity index (χ3v) is 4.31. The standard InChI is InChI=1S/C14H25N3O2/c1-11-4-3-7-17(10-11)14(19)16-8-5-12(6-9-16)13(18)15-2/h11-12H,3-10H2,1-2H3,(H,15,18). The van der Waals surface area contributed by atoms with Gasteiger partial charge in [-0.2, -0.15) is 0 Å². The quantitative estimate of drug-likeness (QED) is 0.778. The molecule has 0 aromatic rings. The predicted molar refractivity (Wildman–Crippen MR) is 73.7 cm³/mol. The zero-order valence-electron chi connectivity index (χ0n) is 12.0. The second-order valence-corrected chi connectivity index (χ2v) is 5.85. The first kappa shape index (κ1) is 14.2. The van der Waals surface area contributed by atoms with Gasteiger partial charge in [-0.25, -0.2) is 4.79 Å². The van der Waals surface area contributed by atoms with Gasteiger partial charge in [0.15, 0.2) is 0 Å². The van der Waals surface area contributed by atoms with Crippen molar-refractivity contribution < 1.29 is 9.59 Å². The number of piperidine rings is 2. The minimum absolute atomic E-state index is 0.0781. The Labute approximate surface area is 115 Å². The summed E-state index contributed by atoms with van der Waals surface area (Å²) in [6.07, 6.45) is 3.91. The van der Waals surface area contributed by atoms with Crippen LogP contribution in [0.25, 0.3) is 0 Å². The van der Waals surface area contributed by atoms with Crippen LogP contribution in [0.3, 0.4) is 0 Å². The van der Waals surface area contributed by atoms with Crippen molar-refractivity contribution in [3.63, 3.8) is 0 Å². The molecule has 2 heterocycles. The summed E-state index contributed by atoms with van der Waals surface area (Å²) >= 11 is 0. The molecule has 0 bridgehead atoms. The molecular weight excluding hydrogens is 242 g/mol. The van der Waals surface area contributed by atoms with Crippen LogP contribution in [-0.4, -0.2) is 55.0 Å². The average molecular weight is 267 g/mol. The Morgan fingerprint density at radius 3 is 2.32 bits per heavy atom. The van der Waals surface area contributed by atoms with E-state index in [9.17, 15) is 9.59 Å². The van der Waals surface area contributed by atoms with E-state index in [1.807, 2.05) is 9.80 Å². The summed E-state index contributed by atoms with van der Waals surface area (Å²) in [5.41, 5.74) is 0. The largest absolute Gasteiger partial charge is 0.359 e. The highest BCUT2D eigenvalue weighted by Crippen LogP contribution is 2.21. The first-order chi connectivity index (χ1) is 9.11. The second-order valence-electron chi connectivity index (χ2n) is 5.85. The molecule has 2 fully saturated rings. The van der Waals surface area contributed by atoms with Crippen molar-refractivity contribution in [1.82, 2.24) is 15.1 Å². The lowest BCUT2D eigenvalue weighted by Gasteiger charge is -2.38. The maximum Gasteiger partial charge on any atom is 0.320 e. The molecule has 5 heteroatoms. The molecule has 108 valence electrons. The van der Waals surface area contributed by atoms with Crippen molar-refractivity contribution in [2.75, 3.05) is 33.2 Å². The van der Waals surface area contributed by atoms with E-state index >= 15 is 0 Å². The van der Waals surface area contributed by atoms with E-state index in [1.54, 1.807) is 7.05 Å². The zero-order chi connectivity index (χ0) is 13.8. The van der Waals surface area contributed by atoms with E-state index in [0.717, 1.165) is 32.4 Å². The van der Waals surface area contributed by atoms with Gasteiger partial charge in [0.2, 0.25) is 5.91 Å². The lowest BCUT2D eigenvalue weighted by molar-refractivity contribution is -0.125. The summed E-state index contributed by atoms with van der Waals surface area (Å²) in [6, 6.07) is 0.168. The Morgan fingerprint density at radius 2 is 1.74 bits per heavy atom. The van der Waals surface area contributed by atoms with Gasteiger partial charge >= 0.3 is 6.03 Å². The van der Waals surface area contributed by atoms with E-state index in [2.05, 4.69) is 12.2 Å². The molecule has 1 unspecified atom stereocenters. The lowest BCUT2D eigenvalue weighted by Crippen LogP contribution is -2.50. The van der Waals surface area contributed by atoms with Crippen LogP contribution in [0.5, 0.6) is 0 Å². The highest BCUT2D eigenvalue weighted by molar-refractivity contribution is 5.79. The van der Waals surface area contributed by atoms with Crippen LogP contribution >= 0.6 is 0 Å². The van der Waals surface area contributed by atoms with Crippen molar-refractivity contribution >= 4 is 11.9 Å². The lowest BCUT2D eigenvalue weighted by atomic mass is 9.96. The fourth-order valence-electron chi connectivity index (χ4n) is 3.10. The fraction of sp³-hybridized carbons (Fsp3) is 0.857. The first-order valence-electron chi connectivity index (χ1n) is 7.37. The molecule has 2 saturated heterocycles. The molecule has 2 aliphatic heterocycles. The number of rotatable bonds is 1. The summed E-state index contributed by atoms with van der Waals surface area (Å²) in [5.74, 6) is 0.800. The van der Waals surface area contributed by atoms with Gasteiger partial charge in [0.1, 0.15) is 0 Å². The van der Waals surface area contributed by atoms with Gasteiger partial charge in [0.25, 0.3) is 0 Å². The molecule has 0 saturated carbocycles. The van der Waals surface area contributed by atoms with Crippen LogP contribution in [0.4, 0.5) is 4.79 Å². The third-order valence-electron chi connectivity index (χ3n) is 4.31. The Balaban J connectivity index is 1.83. The van der Waals surface area contributed by atoms with Gasteiger partial charge in [-0.3, -0.25) is 4.79 Å². The summed E-state index contributed by atoms with van der Waals surface area (Å²) in [5, 5.41) is 2.70. The summed E-state index contributed by atoms with van der Waals surface area (Å²) in [6.45, 7) is 5.40. The molecule has 0 spiro atoms. The van der Waals surface area contributed by atoms with Crippen LogP contribution in [0.15, 0.2) is 0 Å². The monoisotopic (exact) mass is 267 g/mol. The molecule has 2 aliphatic rings. The smallest absolute Gasteiger partial charge is 0.320 e. The molecule has 1 atom stereocenters. The Kier molecular flexibility index (Phi) is 4.66. The zero-order valence-corrected chi connectivity index (χ0v) is 12.0. The number of carbonyl (C=O) groups excluding carboxylic acids is 2. The van der Waals surface area contributed by atoms with Crippen molar-refractivity contribution in [3.8, 4) is 0 Å². The fourth-order valence-corrected chi connectivity index (χ4v) is 3.10. The number of carbonyl (C=O) groups is 2. The van der Waals surface area contributed by atoms with Crippen LogP contribution in [0, 0.1) is 11.8 Å². The number of likely N-dealkylation sites (tertiary alicyclic amines) is 2. The average Bonchev–Trinajstić information content (AvgIpc) is 2.46. The van der Waals surface area contributed by atoms with E-state index < -0.39 is 0 Å². The van der Waals surface area contributed by atoms with Crippen LogP contribution in [0.1, 0.15) is 32.6 Å². The number of nitrogens with one attached hydrogen (secondary N) is 1. The molecule has 0 radical (unpaired) electrons. The van der Waals surface area contributed by atoms with E-state index in [1.165, 1.54) is 6.42 Å². The van der Waals surface area contributed by atoms with Gasteiger partial charge in [0.05, 0.1) is 0 Å². The molecule has 19 heavy (non-hydrogen) atoms. The van der Waals surface area contributed by atoms with E-state index in [4.69, 9.17) is 0 Å². The maximum atomic E-state index is 12.4. The molecule has 2 rings (SSSR count). The minimum atomic E-state index is 0.0781. The highest BCUT2D eigenvalue weighted by Gasteiger charge is 2.30. The van der Waals surface area contributed by atoms with Crippen LogP contribution in [0.2, 0.25) is 0 Å². The van der Waals surface area contributed by atoms with E-state index in [0.29, 0.717) is 19.0 Å². The number of urea groups is 1.